The molecule has 84 valence electrons. The monoisotopic (exact) mass is 225 g/mol. The van der Waals surface area contributed by atoms with Gasteiger partial charge in [0.2, 0.25) is 0 Å². The maximum Gasteiger partial charge on any atom is 0.0591 e. The third-order valence-corrected chi connectivity index (χ3v) is 3.54. The molecule has 1 fully saturated rings. The van der Waals surface area contributed by atoms with Crippen molar-refractivity contribution < 1.29 is 4.74 Å². The highest BCUT2D eigenvalue weighted by molar-refractivity contribution is 7.09. The van der Waals surface area contributed by atoms with Gasteiger partial charge in [-0.2, -0.15) is 0 Å². The van der Waals surface area contributed by atoms with Crippen LogP contribution in [0.5, 0.6) is 0 Å². The largest absolute Gasteiger partial charge is 0.380 e. The molecule has 1 aromatic rings. The minimum absolute atomic E-state index is 0.862. The molecule has 0 aromatic carbocycles. The number of thiophene rings is 1. The molecule has 0 bridgehead atoms. The molecular weight excluding hydrogens is 206 g/mol. The molecule has 2 nitrogen and oxygen atoms in total. The van der Waals surface area contributed by atoms with Crippen molar-refractivity contribution in [1.29, 1.82) is 0 Å². The highest BCUT2D eigenvalue weighted by Gasteiger charge is 2.20. The number of hydrogen-bond acceptors (Lipinski definition) is 3. The Labute approximate surface area is 95.6 Å². The van der Waals surface area contributed by atoms with Crippen molar-refractivity contribution in [3.8, 4) is 0 Å². The van der Waals surface area contributed by atoms with E-state index in [9.17, 15) is 0 Å². The summed E-state index contributed by atoms with van der Waals surface area (Å²) in [4.78, 5) is 1.46. The van der Waals surface area contributed by atoms with Crippen LogP contribution in [0.25, 0.3) is 0 Å². The molecule has 15 heavy (non-hydrogen) atoms. The number of hydrogen-bond donors (Lipinski definition) is 1. The van der Waals surface area contributed by atoms with Gasteiger partial charge in [0, 0.05) is 24.6 Å². The molecule has 1 saturated carbocycles. The van der Waals surface area contributed by atoms with Gasteiger partial charge in [0.15, 0.2) is 0 Å². The fourth-order valence-electron chi connectivity index (χ4n) is 1.47. The van der Waals surface area contributed by atoms with Crippen molar-refractivity contribution in [2.24, 2.45) is 5.92 Å². The predicted octanol–water partition coefficient (Wildman–Crippen LogP) is 2.31. The lowest BCUT2D eigenvalue weighted by Gasteiger charge is -2.04. The Bertz CT molecular complexity index is 257. The maximum absolute atomic E-state index is 5.53. The lowest BCUT2D eigenvalue weighted by Crippen LogP contribution is -2.22. The third-order valence-electron chi connectivity index (χ3n) is 2.60. The lowest BCUT2D eigenvalue weighted by molar-refractivity contribution is 0.126. The van der Waals surface area contributed by atoms with Crippen LogP contribution in [0.4, 0.5) is 0 Å². The second-order valence-corrected chi connectivity index (χ2v) is 5.13. The van der Waals surface area contributed by atoms with Gasteiger partial charge in [0.25, 0.3) is 0 Å². The average molecular weight is 225 g/mol. The van der Waals surface area contributed by atoms with Crippen LogP contribution in [0, 0.1) is 5.92 Å². The molecule has 0 radical (unpaired) electrons. The zero-order valence-corrected chi connectivity index (χ0v) is 9.89. The van der Waals surface area contributed by atoms with Gasteiger partial charge in [0.05, 0.1) is 6.61 Å². The first-order chi connectivity index (χ1) is 7.45. The molecule has 1 N–H and O–H groups in total. The van der Waals surface area contributed by atoms with E-state index in [-0.39, 0.29) is 0 Å². The average Bonchev–Trinajstić information content (AvgIpc) is 2.92. The molecule has 1 aliphatic rings. The SMILES string of the molecule is c1csc(CCNCCOCC2CC2)c1. The summed E-state index contributed by atoms with van der Waals surface area (Å²) in [5.41, 5.74) is 0. The van der Waals surface area contributed by atoms with E-state index < -0.39 is 0 Å². The van der Waals surface area contributed by atoms with Gasteiger partial charge in [-0.15, -0.1) is 11.3 Å². The van der Waals surface area contributed by atoms with Gasteiger partial charge in [-0.25, -0.2) is 0 Å². The number of ether oxygens (including phenoxy) is 1. The van der Waals surface area contributed by atoms with E-state index >= 15 is 0 Å². The molecule has 2 rings (SSSR count). The standard InChI is InChI=1S/C12H19NOS/c1-2-12(15-9-1)5-6-13-7-8-14-10-11-3-4-11/h1-2,9,11,13H,3-8,10H2. The van der Waals surface area contributed by atoms with Gasteiger partial charge in [0.1, 0.15) is 0 Å². The highest BCUT2D eigenvalue weighted by Crippen LogP contribution is 2.28. The van der Waals surface area contributed by atoms with E-state index in [1.165, 1.54) is 17.7 Å². The topological polar surface area (TPSA) is 21.3 Å². The van der Waals surface area contributed by atoms with Gasteiger partial charge in [-0.1, -0.05) is 6.07 Å². The predicted molar refractivity (Wildman–Crippen MR) is 64.4 cm³/mol. The Hall–Kier alpha value is -0.380. The Morgan fingerprint density at radius 3 is 3.07 bits per heavy atom. The summed E-state index contributed by atoms with van der Waals surface area (Å²) in [5, 5.41) is 5.53. The van der Waals surface area contributed by atoms with E-state index in [1.54, 1.807) is 0 Å². The fourth-order valence-corrected chi connectivity index (χ4v) is 2.18. The third kappa shape index (κ3) is 4.78. The number of rotatable bonds is 8. The maximum atomic E-state index is 5.53. The normalized spacial score (nSPS) is 15.7. The van der Waals surface area contributed by atoms with E-state index in [1.807, 2.05) is 11.3 Å². The second-order valence-electron chi connectivity index (χ2n) is 4.10. The molecule has 0 saturated heterocycles. The highest BCUT2D eigenvalue weighted by atomic mass is 32.1. The summed E-state index contributed by atoms with van der Waals surface area (Å²) >= 11 is 1.83. The van der Waals surface area contributed by atoms with E-state index in [0.717, 1.165) is 38.6 Å². The summed E-state index contributed by atoms with van der Waals surface area (Å²) in [6, 6.07) is 4.30. The van der Waals surface area contributed by atoms with Crippen LogP contribution in [0.15, 0.2) is 17.5 Å². The van der Waals surface area contributed by atoms with Crippen molar-refractivity contribution in [3.63, 3.8) is 0 Å². The second kappa shape index (κ2) is 6.26. The first-order valence-electron chi connectivity index (χ1n) is 5.76. The lowest BCUT2D eigenvalue weighted by atomic mass is 10.3. The zero-order valence-electron chi connectivity index (χ0n) is 9.08. The quantitative estimate of drug-likeness (QED) is 0.686. The molecule has 0 amide bonds. The minimum atomic E-state index is 0.862. The zero-order chi connectivity index (χ0) is 10.3. The molecule has 1 heterocycles. The van der Waals surface area contributed by atoms with Gasteiger partial charge in [-0.05, 0) is 36.6 Å². The smallest absolute Gasteiger partial charge is 0.0591 e. The van der Waals surface area contributed by atoms with Crippen molar-refractivity contribution in [2.45, 2.75) is 19.3 Å². The van der Waals surface area contributed by atoms with Gasteiger partial charge >= 0.3 is 0 Å². The van der Waals surface area contributed by atoms with Gasteiger partial charge < -0.3 is 10.1 Å². The van der Waals surface area contributed by atoms with Crippen molar-refractivity contribution in [3.05, 3.63) is 22.4 Å². The van der Waals surface area contributed by atoms with Crippen LogP contribution in [0.3, 0.4) is 0 Å². The van der Waals surface area contributed by atoms with Crippen LogP contribution in [0.2, 0.25) is 0 Å². The van der Waals surface area contributed by atoms with E-state index in [2.05, 4.69) is 22.8 Å². The summed E-state index contributed by atoms with van der Waals surface area (Å²) in [7, 11) is 0. The van der Waals surface area contributed by atoms with E-state index in [0.29, 0.717) is 0 Å². The van der Waals surface area contributed by atoms with Crippen molar-refractivity contribution in [1.82, 2.24) is 5.32 Å². The summed E-state index contributed by atoms with van der Waals surface area (Å²) in [6.07, 6.45) is 3.90. The Balaban J connectivity index is 1.38. The van der Waals surface area contributed by atoms with Gasteiger partial charge in [-0.3, -0.25) is 0 Å². The Kier molecular flexibility index (Phi) is 4.64. The first-order valence-corrected chi connectivity index (χ1v) is 6.64. The van der Waals surface area contributed by atoms with Crippen molar-refractivity contribution >= 4 is 11.3 Å². The van der Waals surface area contributed by atoms with Crippen LogP contribution in [-0.4, -0.2) is 26.3 Å². The van der Waals surface area contributed by atoms with Crippen LogP contribution >= 0.6 is 11.3 Å². The Morgan fingerprint density at radius 1 is 1.40 bits per heavy atom. The van der Waals surface area contributed by atoms with Crippen LogP contribution < -0.4 is 5.32 Å². The molecular formula is C12H19NOS. The molecule has 0 aliphatic heterocycles. The Morgan fingerprint density at radius 2 is 2.33 bits per heavy atom. The van der Waals surface area contributed by atoms with E-state index in [4.69, 9.17) is 4.74 Å². The summed E-state index contributed by atoms with van der Waals surface area (Å²) in [6.45, 7) is 3.89. The molecule has 0 unspecified atom stereocenters. The van der Waals surface area contributed by atoms with Crippen LogP contribution in [0.1, 0.15) is 17.7 Å². The minimum Gasteiger partial charge on any atom is -0.380 e. The first kappa shape index (κ1) is 11.1. The molecule has 3 heteroatoms. The van der Waals surface area contributed by atoms with Crippen molar-refractivity contribution in [2.75, 3.05) is 26.3 Å². The van der Waals surface area contributed by atoms with Crippen LogP contribution in [-0.2, 0) is 11.2 Å². The molecule has 0 spiro atoms. The number of nitrogens with one attached hydrogen (secondary N) is 1. The molecule has 1 aromatic heterocycles. The summed E-state index contributed by atoms with van der Waals surface area (Å²) in [5.74, 6) is 0.885. The summed E-state index contributed by atoms with van der Waals surface area (Å²) < 4.78 is 5.53. The fraction of sp³-hybridized carbons (Fsp3) is 0.667. The molecule has 1 aliphatic carbocycles. The molecule has 0 atom stereocenters.